The predicted octanol–water partition coefficient (Wildman–Crippen LogP) is 3.26. The van der Waals surface area contributed by atoms with E-state index in [0.717, 1.165) is 30.8 Å². The van der Waals surface area contributed by atoms with E-state index in [-0.39, 0.29) is 0 Å². The maximum Gasteiger partial charge on any atom is 0.328 e. The number of hydrogen-bond donors (Lipinski definition) is 3. The summed E-state index contributed by atoms with van der Waals surface area (Å²) in [5.41, 5.74) is 4.83. The molecule has 2 aromatic rings. The first-order valence-electron chi connectivity index (χ1n) is 9.60. The van der Waals surface area contributed by atoms with E-state index in [2.05, 4.69) is 48.6 Å². The van der Waals surface area contributed by atoms with Crippen LogP contribution in [0.25, 0.3) is 11.1 Å². The van der Waals surface area contributed by atoms with E-state index < -0.39 is 11.9 Å². The summed E-state index contributed by atoms with van der Waals surface area (Å²) >= 11 is 0. The van der Waals surface area contributed by atoms with Crippen molar-refractivity contribution in [3.63, 3.8) is 0 Å². The molecule has 160 valence electrons. The van der Waals surface area contributed by atoms with Crippen LogP contribution in [0.1, 0.15) is 17.5 Å². The van der Waals surface area contributed by atoms with Crippen LogP contribution in [0, 0.1) is 6.92 Å². The highest BCUT2D eigenvalue weighted by atomic mass is 16.5. The van der Waals surface area contributed by atoms with Crippen molar-refractivity contribution in [2.24, 2.45) is 0 Å². The summed E-state index contributed by atoms with van der Waals surface area (Å²) in [7, 11) is 1.71. The second-order valence-corrected chi connectivity index (χ2v) is 6.78. The quantitative estimate of drug-likeness (QED) is 0.598. The third-order valence-corrected chi connectivity index (χ3v) is 4.58. The Kier molecular flexibility index (Phi) is 9.05. The zero-order chi connectivity index (χ0) is 21.9. The zero-order valence-corrected chi connectivity index (χ0v) is 17.1. The molecule has 0 bridgehead atoms. The van der Waals surface area contributed by atoms with E-state index in [1.807, 2.05) is 6.07 Å². The van der Waals surface area contributed by atoms with Crippen molar-refractivity contribution in [3.8, 4) is 16.9 Å². The van der Waals surface area contributed by atoms with Gasteiger partial charge in [0.1, 0.15) is 5.75 Å². The minimum atomic E-state index is -1.26. The second-order valence-electron chi connectivity index (χ2n) is 6.78. The van der Waals surface area contributed by atoms with Gasteiger partial charge in [-0.05, 0) is 54.3 Å². The standard InChI is InChI=1S/C19H23NO2.C4H4O4/c1-14-11-15(7-8-19(14)21-2)18-6-4-3-5-16(18)13-22-17-9-10-20-12-17;5-3(6)1-2-4(7)8/h3-8,11,17,20H,9-10,12-13H2,1-2H3;1-2H,(H,5,6)(H,7,8)/b;2-1+/t17-;/m0./s1. The summed E-state index contributed by atoms with van der Waals surface area (Å²) in [5.74, 6) is -1.59. The molecule has 1 aliphatic heterocycles. The van der Waals surface area contributed by atoms with Gasteiger partial charge in [0.05, 0.1) is 19.8 Å². The molecule has 2 aromatic carbocycles. The Morgan fingerprint density at radius 1 is 1.13 bits per heavy atom. The molecular weight excluding hydrogens is 386 g/mol. The molecule has 30 heavy (non-hydrogen) atoms. The summed E-state index contributed by atoms with van der Waals surface area (Å²) in [4.78, 5) is 19.1. The maximum atomic E-state index is 9.55. The van der Waals surface area contributed by atoms with Crippen molar-refractivity contribution in [2.45, 2.75) is 26.1 Å². The largest absolute Gasteiger partial charge is 0.496 e. The Morgan fingerprint density at radius 2 is 1.83 bits per heavy atom. The fraction of sp³-hybridized carbons (Fsp3) is 0.304. The van der Waals surface area contributed by atoms with Gasteiger partial charge < -0.3 is 25.0 Å². The molecule has 0 amide bonds. The van der Waals surface area contributed by atoms with Crippen LogP contribution in [-0.4, -0.2) is 48.5 Å². The van der Waals surface area contributed by atoms with E-state index in [9.17, 15) is 9.59 Å². The van der Waals surface area contributed by atoms with Gasteiger partial charge in [0.2, 0.25) is 0 Å². The fourth-order valence-electron chi connectivity index (χ4n) is 3.09. The molecule has 1 fully saturated rings. The zero-order valence-electron chi connectivity index (χ0n) is 17.1. The monoisotopic (exact) mass is 413 g/mol. The number of rotatable bonds is 7. The first-order chi connectivity index (χ1) is 14.4. The minimum absolute atomic E-state index is 0.339. The van der Waals surface area contributed by atoms with Crippen LogP contribution in [0.5, 0.6) is 5.75 Å². The molecule has 0 unspecified atom stereocenters. The third kappa shape index (κ3) is 7.35. The summed E-state index contributed by atoms with van der Waals surface area (Å²) in [6.45, 7) is 4.76. The summed E-state index contributed by atoms with van der Waals surface area (Å²) < 4.78 is 11.4. The molecule has 0 spiro atoms. The van der Waals surface area contributed by atoms with Crippen LogP contribution in [0.4, 0.5) is 0 Å². The number of benzene rings is 2. The van der Waals surface area contributed by atoms with Gasteiger partial charge in [-0.2, -0.15) is 0 Å². The van der Waals surface area contributed by atoms with Crippen LogP contribution >= 0.6 is 0 Å². The van der Waals surface area contributed by atoms with Gasteiger partial charge in [0.25, 0.3) is 0 Å². The fourth-order valence-corrected chi connectivity index (χ4v) is 3.09. The summed E-state index contributed by atoms with van der Waals surface area (Å²) in [5, 5.41) is 19.0. The molecule has 0 radical (unpaired) electrons. The number of hydrogen-bond acceptors (Lipinski definition) is 5. The van der Waals surface area contributed by atoms with E-state index in [1.54, 1.807) is 7.11 Å². The van der Waals surface area contributed by atoms with Crippen molar-refractivity contribution >= 4 is 11.9 Å². The molecule has 3 N–H and O–H groups in total. The summed E-state index contributed by atoms with van der Waals surface area (Å²) in [6, 6.07) is 14.8. The highest BCUT2D eigenvalue weighted by molar-refractivity contribution is 5.89. The lowest BCUT2D eigenvalue weighted by Gasteiger charge is -2.15. The maximum absolute atomic E-state index is 9.55. The van der Waals surface area contributed by atoms with Gasteiger partial charge in [0, 0.05) is 18.7 Å². The number of ether oxygens (including phenoxy) is 2. The number of nitrogens with one attached hydrogen (secondary N) is 1. The van der Waals surface area contributed by atoms with Gasteiger partial charge >= 0.3 is 11.9 Å². The molecule has 1 saturated heterocycles. The van der Waals surface area contributed by atoms with Crippen LogP contribution in [-0.2, 0) is 20.9 Å². The lowest BCUT2D eigenvalue weighted by Crippen LogP contribution is -2.16. The minimum Gasteiger partial charge on any atom is -0.496 e. The van der Waals surface area contributed by atoms with Crippen molar-refractivity contribution in [1.29, 1.82) is 0 Å². The predicted molar refractivity (Wildman–Crippen MR) is 114 cm³/mol. The molecule has 1 atom stereocenters. The molecule has 0 aromatic heterocycles. The Hall–Kier alpha value is -3.16. The van der Waals surface area contributed by atoms with Crippen LogP contribution in [0.2, 0.25) is 0 Å². The number of aryl methyl sites for hydroxylation is 1. The number of carboxylic acid groups (broad SMARTS) is 2. The van der Waals surface area contributed by atoms with Crippen molar-refractivity contribution < 1.29 is 29.3 Å². The Morgan fingerprint density at radius 3 is 2.40 bits per heavy atom. The average Bonchev–Trinajstić information content (AvgIpc) is 3.25. The number of carbonyl (C=O) groups is 2. The van der Waals surface area contributed by atoms with Crippen LogP contribution in [0.15, 0.2) is 54.6 Å². The highest BCUT2D eigenvalue weighted by Gasteiger charge is 2.15. The molecule has 7 nitrogen and oxygen atoms in total. The van der Waals surface area contributed by atoms with Crippen LogP contribution < -0.4 is 10.1 Å². The Labute approximate surface area is 176 Å². The molecule has 7 heteroatoms. The lowest BCUT2D eigenvalue weighted by atomic mass is 9.98. The van der Waals surface area contributed by atoms with E-state index in [1.165, 1.54) is 16.7 Å². The van der Waals surface area contributed by atoms with Gasteiger partial charge in [0.15, 0.2) is 0 Å². The Balaban J connectivity index is 0.000000343. The topological polar surface area (TPSA) is 105 Å². The second kappa shape index (κ2) is 11.7. The number of carboxylic acids is 2. The molecule has 3 rings (SSSR count). The lowest BCUT2D eigenvalue weighted by molar-refractivity contribution is -0.134. The number of aliphatic carboxylic acids is 2. The first-order valence-corrected chi connectivity index (χ1v) is 9.60. The molecular formula is C23H27NO6. The van der Waals surface area contributed by atoms with Crippen molar-refractivity contribution in [3.05, 3.63) is 65.7 Å². The first kappa shape index (κ1) is 23.1. The smallest absolute Gasteiger partial charge is 0.328 e. The molecule has 1 aliphatic rings. The third-order valence-electron chi connectivity index (χ3n) is 4.58. The van der Waals surface area contributed by atoms with Crippen LogP contribution in [0.3, 0.4) is 0 Å². The Bertz CT molecular complexity index is 871. The van der Waals surface area contributed by atoms with Crippen molar-refractivity contribution in [2.75, 3.05) is 20.2 Å². The van der Waals surface area contributed by atoms with Gasteiger partial charge in [-0.25, -0.2) is 9.59 Å². The number of methoxy groups -OCH3 is 1. The van der Waals surface area contributed by atoms with E-state index >= 15 is 0 Å². The highest BCUT2D eigenvalue weighted by Crippen LogP contribution is 2.29. The molecule has 0 aliphatic carbocycles. The summed E-state index contributed by atoms with van der Waals surface area (Å²) in [6.07, 6.45) is 2.56. The van der Waals surface area contributed by atoms with Gasteiger partial charge in [-0.15, -0.1) is 0 Å². The molecule has 1 heterocycles. The van der Waals surface area contributed by atoms with E-state index in [0.29, 0.717) is 24.9 Å². The van der Waals surface area contributed by atoms with Gasteiger partial charge in [-0.3, -0.25) is 0 Å². The normalized spacial score (nSPS) is 15.5. The SMILES string of the molecule is COc1ccc(-c2ccccc2CO[C@H]2CCNC2)cc1C.O=C(O)/C=C/C(=O)O. The van der Waals surface area contributed by atoms with Gasteiger partial charge in [-0.1, -0.05) is 30.3 Å². The van der Waals surface area contributed by atoms with Crippen molar-refractivity contribution in [1.82, 2.24) is 5.32 Å². The molecule has 0 saturated carbocycles. The average molecular weight is 413 g/mol. The van der Waals surface area contributed by atoms with E-state index in [4.69, 9.17) is 19.7 Å².